The molecule has 6 nitrogen and oxygen atoms in total. The maximum absolute atomic E-state index is 12.8. The van der Waals surface area contributed by atoms with Gasteiger partial charge < -0.3 is 5.73 Å². The molecule has 0 bridgehead atoms. The highest BCUT2D eigenvalue weighted by atomic mass is 32.2. The van der Waals surface area contributed by atoms with Crippen LogP contribution in [0.25, 0.3) is 0 Å². The fraction of sp³-hybridized carbons (Fsp3) is 0.538. The average Bonchev–Trinajstić information content (AvgIpc) is 2.47. The van der Waals surface area contributed by atoms with Crippen LogP contribution in [0.15, 0.2) is 23.2 Å². The zero-order chi connectivity index (χ0) is 14.8. The first kappa shape index (κ1) is 14.9. The van der Waals surface area contributed by atoms with Gasteiger partial charge in [-0.2, -0.15) is 9.57 Å². The molecule has 1 aliphatic rings. The zero-order valence-corrected chi connectivity index (χ0v) is 12.2. The number of nitriles is 1. The van der Waals surface area contributed by atoms with Gasteiger partial charge in [-0.15, -0.1) is 0 Å². The Labute approximate surface area is 119 Å². The normalized spacial score (nSPS) is 22.1. The van der Waals surface area contributed by atoms with Crippen LogP contribution < -0.4 is 5.73 Å². The van der Waals surface area contributed by atoms with E-state index in [1.54, 1.807) is 0 Å². The first-order valence-corrected chi connectivity index (χ1v) is 8.05. The molecule has 7 heteroatoms. The van der Waals surface area contributed by atoms with Crippen LogP contribution in [-0.4, -0.2) is 36.3 Å². The summed E-state index contributed by atoms with van der Waals surface area (Å²) in [5.74, 6) is 0. The lowest BCUT2D eigenvalue weighted by molar-refractivity contribution is 0.227. The number of sulfonamides is 1. The van der Waals surface area contributed by atoms with Crippen LogP contribution in [-0.2, 0) is 10.0 Å². The molecule has 2 N–H and O–H groups in total. The molecule has 0 spiro atoms. The van der Waals surface area contributed by atoms with Crippen LogP contribution in [0, 0.1) is 11.3 Å². The summed E-state index contributed by atoms with van der Waals surface area (Å²) < 4.78 is 27.0. The summed E-state index contributed by atoms with van der Waals surface area (Å²) in [7, 11) is -3.73. The fourth-order valence-electron chi connectivity index (χ4n) is 2.56. The van der Waals surface area contributed by atoms with Crippen molar-refractivity contribution in [2.45, 2.75) is 43.2 Å². The van der Waals surface area contributed by atoms with Gasteiger partial charge in [0.05, 0.1) is 0 Å². The number of nitrogens with two attached hydrogens (primary N) is 1. The van der Waals surface area contributed by atoms with Crippen molar-refractivity contribution >= 4 is 10.0 Å². The fourth-order valence-corrected chi connectivity index (χ4v) is 4.43. The van der Waals surface area contributed by atoms with Gasteiger partial charge in [0.1, 0.15) is 11.0 Å². The summed E-state index contributed by atoms with van der Waals surface area (Å²) in [6, 6.07) is 4.32. The van der Waals surface area contributed by atoms with Gasteiger partial charge in [-0.1, -0.05) is 6.42 Å². The topological polar surface area (TPSA) is 100 Å². The maximum Gasteiger partial charge on any atom is 0.246 e. The van der Waals surface area contributed by atoms with E-state index in [1.165, 1.54) is 22.6 Å². The number of rotatable bonds is 3. The minimum atomic E-state index is -3.73. The first-order valence-electron chi connectivity index (χ1n) is 6.61. The van der Waals surface area contributed by atoms with E-state index in [-0.39, 0.29) is 22.7 Å². The largest absolute Gasteiger partial charge is 0.326 e. The summed E-state index contributed by atoms with van der Waals surface area (Å²) in [5.41, 5.74) is 5.85. The molecule has 20 heavy (non-hydrogen) atoms. The highest BCUT2D eigenvalue weighted by Crippen LogP contribution is 2.27. The maximum atomic E-state index is 12.8. The molecule has 1 fully saturated rings. The molecule has 0 aromatic carbocycles. The van der Waals surface area contributed by atoms with Crippen molar-refractivity contribution in [1.29, 1.82) is 5.26 Å². The predicted octanol–water partition coefficient (Wildman–Crippen LogP) is 0.844. The number of hydrogen-bond donors (Lipinski definition) is 1. The smallest absolute Gasteiger partial charge is 0.246 e. The van der Waals surface area contributed by atoms with Crippen molar-refractivity contribution in [1.82, 2.24) is 9.29 Å². The number of pyridine rings is 1. The highest BCUT2D eigenvalue weighted by molar-refractivity contribution is 7.89. The molecule has 2 unspecified atom stereocenters. The Hall–Kier alpha value is -1.49. The summed E-state index contributed by atoms with van der Waals surface area (Å²) in [6.07, 6.45) is 3.94. The molecular weight excluding hydrogens is 276 g/mol. The number of hydrogen-bond acceptors (Lipinski definition) is 5. The number of aromatic nitrogens is 1. The Morgan fingerprint density at radius 3 is 2.95 bits per heavy atom. The van der Waals surface area contributed by atoms with Crippen LogP contribution >= 0.6 is 0 Å². The first-order chi connectivity index (χ1) is 9.48. The van der Waals surface area contributed by atoms with E-state index in [0.29, 0.717) is 6.54 Å². The number of nitrogens with zero attached hydrogens (tertiary/aromatic N) is 3. The van der Waals surface area contributed by atoms with E-state index in [0.717, 1.165) is 19.3 Å². The van der Waals surface area contributed by atoms with Crippen molar-refractivity contribution in [3.05, 3.63) is 24.0 Å². The molecule has 2 rings (SSSR count). The van der Waals surface area contributed by atoms with Crippen molar-refractivity contribution in [3.8, 4) is 6.07 Å². The second-order valence-corrected chi connectivity index (χ2v) is 6.86. The minimum Gasteiger partial charge on any atom is -0.326 e. The summed E-state index contributed by atoms with van der Waals surface area (Å²) in [6.45, 7) is 2.25. The quantitative estimate of drug-likeness (QED) is 0.890. The molecule has 2 atom stereocenters. The van der Waals surface area contributed by atoms with Gasteiger partial charge in [-0.3, -0.25) is 0 Å². The average molecular weight is 294 g/mol. The van der Waals surface area contributed by atoms with Crippen molar-refractivity contribution in [2.75, 3.05) is 6.54 Å². The minimum absolute atomic E-state index is 0.0324. The van der Waals surface area contributed by atoms with Crippen LogP contribution in [0.4, 0.5) is 0 Å². The Morgan fingerprint density at radius 2 is 2.30 bits per heavy atom. The second kappa shape index (κ2) is 5.87. The van der Waals surface area contributed by atoms with Gasteiger partial charge in [0.2, 0.25) is 10.0 Å². The van der Waals surface area contributed by atoms with Gasteiger partial charge in [-0.25, -0.2) is 13.4 Å². The number of piperidine rings is 1. The predicted molar refractivity (Wildman–Crippen MR) is 74.1 cm³/mol. The molecule has 1 aliphatic heterocycles. The lowest BCUT2D eigenvalue weighted by atomic mass is 10.00. The standard InChI is InChI=1S/C13H18N4O2S/c1-10(15)12-5-2-3-8-17(12)20(18,19)13-6-4-7-16-11(13)9-14/h4,6-7,10,12H,2-3,5,8,15H2,1H3. The highest BCUT2D eigenvalue weighted by Gasteiger charge is 2.36. The third-order valence-corrected chi connectivity index (χ3v) is 5.52. The Bertz CT molecular complexity index is 622. The van der Waals surface area contributed by atoms with E-state index in [2.05, 4.69) is 4.98 Å². The molecule has 1 saturated heterocycles. The molecule has 0 amide bonds. The van der Waals surface area contributed by atoms with Crippen LogP contribution in [0.3, 0.4) is 0 Å². The van der Waals surface area contributed by atoms with Gasteiger partial charge in [0.25, 0.3) is 0 Å². The van der Waals surface area contributed by atoms with Crippen molar-refractivity contribution < 1.29 is 8.42 Å². The summed E-state index contributed by atoms with van der Waals surface area (Å²) in [4.78, 5) is 3.80. The Kier molecular flexibility index (Phi) is 4.38. The van der Waals surface area contributed by atoms with Crippen molar-refractivity contribution in [2.24, 2.45) is 5.73 Å². The van der Waals surface area contributed by atoms with Crippen LogP contribution in [0.2, 0.25) is 0 Å². The monoisotopic (exact) mass is 294 g/mol. The molecule has 0 radical (unpaired) electrons. The second-order valence-electron chi connectivity index (χ2n) is 5.00. The SMILES string of the molecule is CC(N)C1CCCCN1S(=O)(=O)c1cccnc1C#N. The van der Waals surface area contributed by atoms with Gasteiger partial charge in [0, 0.05) is 24.8 Å². The van der Waals surface area contributed by atoms with Gasteiger partial charge in [-0.05, 0) is 31.9 Å². The van der Waals surface area contributed by atoms with Gasteiger partial charge >= 0.3 is 0 Å². The Balaban J connectivity index is 2.46. The van der Waals surface area contributed by atoms with E-state index < -0.39 is 10.0 Å². The lowest BCUT2D eigenvalue weighted by Crippen LogP contribution is -2.51. The molecule has 1 aromatic rings. The van der Waals surface area contributed by atoms with E-state index in [1.807, 2.05) is 13.0 Å². The van der Waals surface area contributed by atoms with E-state index in [9.17, 15) is 8.42 Å². The molecule has 0 saturated carbocycles. The molecule has 108 valence electrons. The molecule has 0 aliphatic carbocycles. The van der Waals surface area contributed by atoms with Gasteiger partial charge in [0.15, 0.2) is 5.69 Å². The van der Waals surface area contributed by atoms with E-state index >= 15 is 0 Å². The lowest BCUT2D eigenvalue weighted by Gasteiger charge is -2.36. The van der Waals surface area contributed by atoms with E-state index in [4.69, 9.17) is 11.0 Å². The molecular formula is C13H18N4O2S. The molecule has 1 aromatic heterocycles. The Morgan fingerprint density at radius 1 is 1.55 bits per heavy atom. The van der Waals surface area contributed by atoms with Crippen LogP contribution in [0.5, 0.6) is 0 Å². The summed E-state index contributed by atoms with van der Waals surface area (Å²) in [5, 5.41) is 9.04. The third kappa shape index (κ3) is 2.68. The van der Waals surface area contributed by atoms with Crippen LogP contribution in [0.1, 0.15) is 31.9 Å². The summed E-state index contributed by atoms with van der Waals surface area (Å²) >= 11 is 0. The molecule has 2 heterocycles. The zero-order valence-electron chi connectivity index (χ0n) is 11.4. The third-order valence-electron chi connectivity index (χ3n) is 3.57. The van der Waals surface area contributed by atoms with Crippen molar-refractivity contribution in [3.63, 3.8) is 0 Å².